The molecule has 2 rings (SSSR count). The van der Waals surface area contributed by atoms with Crippen molar-refractivity contribution in [2.75, 3.05) is 20.1 Å². The lowest BCUT2D eigenvalue weighted by Crippen LogP contribution is -2.33. The first-order valence-corrected chi connectivity index (χ1v) is 5.75. The standard InChI is InChI=1S/C13H20N2/c1-11(12-6-4-3-5-7-12)14-13-8-9-15(2)10-13/h3-7,11,13-14H,8-10H2,1-2H3/t11-,13+/m0/s1. The van der Waals surface area contributed by atoms with E-state index in [1.165, 1.54) is 25.1 Å². The molecule has 0 aliphatic carbocycles. The van der Waals surface area contributed by atoms with Crippen molar-refractivity contribution in [3.05, 3.63) is 35.9 Å². The van der Waals surface area contributed by atoms with Crippen LogP contribution in [0, 0.1) is 0 Å². The second-order valence-corrected chi connectivity index (χ2v) is 4.55. The fraction of sp³-hybridized carbons (Fsp3) is 0.538. The summed E-state index contributed by atoms with van der Waals surface area (Å²) in [7, 11) is 2.19. The number of likely N-dealkylation sites (N-methyl/N-ethyl adjacent to an activating group) is 1. The van der Waals surface area contributed by atoms with Crippen LogP contribution in [-0.2, 0) is 0 Å². The first-order chi connectivity index (χ1) is 7.25. The second-order valence-electron chi connectivity index (χ2n) is 4.55. The molecule has 1 fully saturated rings. The Bertz CT molecular complexity index is 297. The van der Waals surface area contributed by atoms with Gasteiger partial charge >= 0.3 is 0 Å². The van der Waals surface area contributed by atoms with Crippen LogP contribution in [0.2, 0.25) is 0 Å². The van der Waals surface area contributed by atoms with Crippen LogP contribution in [0.4, 0.5) is 0 Å². The van der Waals surface area contributed by atoms with Gasteiger partial charge in [-0.1, -0.05) is 30.3 Å². The SMILES string of the molecule is C[C@H](N[C@@H]1CCN(C)C1)c1ccccc1. The molecule has 1 N–H and O–H groups in total. The maximum Gasteiger partial charge on any atom is 0.0294 e. The predicted molar refractivity (Wildman–Crippen MR) is 63.9 cm³/mol. The van der Waals surface area contributed by atoms with Gasteiger partial charge in [-0.05, 0) is 32.5 Å². The molecule has 0 unspecified atom stereocenters. The van der Waals surface area contributed by atoms with Crippen molar-refractivity contribution in [1.82, 2.24) is 10.2 Å². The van der Waals surface area contributed by atoms with E-state index in [4.69, 9.17) is 0 Å². The highest BCUT2D eigenvalue weighted by Crippen LogP contribution is 2.15. The van der Waals surface area contributed by atoms with E-state index < -0.39 is 0 Å². The molecular weight excluding hydrogens is 184 g/mol. The Kier molecular flexibility index (Phi) is 3.39. The van der Waals surface area contributed by atoms with Gasteiger partial charge in [-0.25, -0.2) is 0 Å². The lowest BCUT2D eigenvalue weighted by atomic mass is 10.1. The smallest absolute Gasteiger partial charge is 0.0294 e. The quantitative estimate of drug-likeness (QED) is 0.810. The minimum absolute atomic E-state index is 0.461. The van der Waals surface area contributed by atoms with Crippen molar-refractivity contribution < 1.29 is 0 Å². The molecule has 82 valence electrons. The van der Waals surface area contributed by atoms with Gasteiger partial charge in [0.25, 0.3) is 0 Å². The fourth-order valence-corrected chi connectivity index (χ4v) is 2.26. The second kappa shape index (κ2) is 4.77. The average Bonchev–Trinajstić information content (AvgIpc) is 2.65. The Morgan fingerprint density at radius 1 is 1.33 bits per heavy atom. The summed E-state index contributed by atoms with van der Waals surface area (Å²) in [6.07, 6.45) is 1.27. The maximum atomic E-state index is 3.68. The molecule has 1 heterocycles. The summed E-state index contributed by atoms with van der Waals surface area (Å²) in [4.78, 5) is 2.38. The van der Waals surface area contributed by atoms with E-state index in [2.05, 4.69) is 54.5 Å². The van der Waals surface area contributed by atoms with Crippen LogP contribution < -0.4 is 5.32 Å². The van der Waals surface area contributed by atoms with E-state index in [0.29, 0.717) is 12.1 Å². The van der Waals surface area contributed by atoms with Crippen LogP contribution in [0.1, 0.15) is 24.9 Å². The normalized spacial score (nSPS) is 24.3. The van der Waals surface area contributed by atoms with Crippen LogP contribution in [-0.4, -0.2) is 31.1 Å². The third kappa shape index (κ3) is 2.80. The monoisotopic (exact) mass is 204 g/mol. The molecule has 0 amide bonds. The molecule has 15 heavy (non-hydrogen) atoms. The molecule has 1 aromatic rings. The Morgan fingerprint density at radius 2 is 2.07 bits per heavy atom. The van der Waals surface area contributed by atoms with Crippen LogP contribution in [0.3, 0.4) is 0 Å². The Balaban J connectivity index is 1.90. The summed E-state index contributed by atoms with van der Waals surface area (Å²) < 4.78 is 0. The third-order valence-corrected chi connectivity index (χ3v) is 3.18. The highest BCUT2D eigenvalue weighted by molar-refractivity contribution is 5.18. The third-order valence-electron chi connectivity index (χ3n) is 3.18. The molecule has 1 aromatic carbocycles. The Hall–Kier alpha value is -0.860. The van der Waals surface area contributed by atoms with Crippen LogP contribution in [0.15, 0.2) is 30.3 Å². The fourth-order valence-electron chi connectivity index (χ4n) is 2.26. The molecule has 1 aliphatic heterocycles. The van der Waals surface area contributed by atoms with E-state index in [-0.39, 0.29) is 0 Å². The van der Waals surface area contributed by atoms with E-state index >= 15 is 0 Å². The zero-order valence-electron chi connectivity index (χ0n) is 9.61. The number of hydrogen-bond donors (Lipinski definition) is 1. The first-order valence-electron chi connectivity index (χ1n) is 5.75. The van der Waals surface area contributed by atoms with Crippen molar-refractivity contribution in [3.8, 4) is 0 Å². The summed E-state index contributed by atoms with van der Waals surface area (Å²) in [6, 6.07) is 11.8. The number of nitrogens with one attached hydrogen (secondary N) is 1. The molecular formula is C13H20N2. The number of nitrogens with zero attached hydrogens (tertiary/aromatic N) is 1. The van der Waals surface area contributed by atoms with Gasteiger partial charge < -0.3 is 10.2 Å². The molecule has 0 spiro atoms. The number of rotatable bonds is 3. The molecule has 2 heteroatoms. The summed E-state index contributed by atoms with van der Waals surface area (Å²) in [5, 5.41) is 3.68. The molecule has 0 aromatic heterocycles. The highest BCUT2D eigenvalue weighted by Gasteiger charge is 2.20. The largest absolute Gasteiger partial charge is 0.306 e. The maximum absolute atomic E-state index is 3.68. The molecule has 1 saturated heterocycles. The van der Waals surface area contributed by atoms with Crippen LogP contribution in [0.5, 0.6) is 0 Å². The zero-order valence-corrected chi connectivity index (χ0v) is 9.61. The minimum Gasteiger partial charge on any atom is -0.306 e. The topological polar surface area (TPSA) is 15.3 Å². The Morgan fingerprint density at radius 3 is 2.67 bits per heavy atom. The number of benzene rings is 1. The minimum atomic E-state index is 0.461. The average molecular weight is 204 g/mol. The van der Waals surface area contributed by atoms with Crippen molar-refractivity contribution in [2.45, 2.75) is 25.4 Å². The van der Waals surface area contributed by atoms with Crippen molar-refractivity contribution in [3.63, 3.8) is 0 Å². The van der Waals surface area contributed by atoms with Gasteiger partial charge in [0.1, 0.15) is 0 Å². The van der Waals surface area contributed by atoms with Crippen molar-refractivity contribution in [1.29, 1.82) is 0 Å². The van der Waals surface area contributed by atoms with Crippen molar-refractivity contribution in [2.24, 2.45) is 0 Å². The number of hydrogen-bond acceptors (Lipinski definition) is 2. The Labute approximate surface area is 92.3 Å². The van der Waals surface area contributed by atoms with Gasteiger partial charge in [-0.2, -0.15) is 0 Å². The molecule has 2 nitrogen and oxygen atoms in total. The van der Waals surface area contributed by atoms with Gasteiger partial charge in [-0.3, -0.25) is 0 Å². The lowest BCUT2D eigenvalue weighted by molar-refractivity contribution is 0.387. The zero-order chi connectivity index (χ0) is 10.7. The van der Waals surface area contributed by atoms with E-state index in [9.17, 15) is 0 Å². The number of likely N-dealkylation sites (tertiary alicyclic amines) is 1. The predicted octanol–water partition coefficient (Wildman–Crippen LogP) is 2.04. The highest BCUT2D eigenvalue weighted by atomic mass is 15.2. The van der Waals surface area contributed by atoms with Crippen LogP contribution >= 0.6 is 0 Å². The van der Waals surface area contributed by atoms with Crippen molar-refractivity contribution >= 4 is 0 Å². The molecule has 0 bridgehead atoms. The summed E-state index contributed by atoms with van der Waals surface area (Å²) in [6.45, 7) is 4.64. The lowest BCUT2D eigenvalue weighted by Gasteiger charge is -2.19. The first kappa shape index (κ1) is 10.7. The molecule has 2 atom stereocenters. The van der Waals surface area contributed by atoms with Gasteiger partial charge in [-0.15, -0.1) is 0 Å². The molecule has 1 aliphatic rings. The van der Waals surface area contributed by atoms with Gasteiger partial charge in [0, 0.05) is 18.6 Å². The molecule has 0 radical (unpaired) electrons. The van der Waals surface area contributed by atoms with E-state index in [1.807, 2.05) is 0 Å². The van der Waals surface area contributed by atoms with Gasteiger partial charge in [0.05, 0.1) is 0 Å². The van der Waals surface area contributed by atoms with E-state index in [0.717, 1.165) is 0 Å². The van der Waals surface area contributed by atoms with Gasteiger partial charge in [0.15, 0.2) is 0 Å². The molecule has 0 saturated carbocycles. The van der Waals surface area contributed by atoms with Gasteiger partial charge in [0.2, 0.25) is 0 Å². The summed E-state index contributed by atoms with van der Waals surface area (Å²) in [5.74, 6) is 0. The summed E-state index contributed by atoms with van der Waals surface area (Å²) >= 11 is 0. The summed E-state index contributed by atoms with van der Waals surface area (Å²) in [5.41, 5.74) is 1.38. The van der Waals surface area contributed by atoms with Crippen LogP contribution in [0.25, 0.3) is 0 Å². The van der Waals surface area contributed by atoms with E-state index in [1.54, 1.807) is 0 Å².